The van der Waals surface area contributed by atoms with E-state index in [1.807, 2.05) is 36.4 Å². The van der Waals surface area contributed by atoms with Crippen LogP contribution in [0.4, 0.5) is 4.79 Å². The zero-order chi connectivity index (χ0) is 22.0. The van der Waals surface area contributed by atoms with Gasteiger partial charge in [0.05, 0.1) is 4.88 Å². The van der Waals surface area contributed by atoms with Gasteiger partial charge in [0.25, 0.3) is 0 Å². The van der Waals surface area contributed by atoms with E-state index in [0.717, 1.165) is 22.3 Å². The lowest BCUT2D eigenvalue weighted by Gasteiger charge is -2.18. The zero-order valence-electron chi connectivity index (χ0n) is 16.9. The predicted octanol–water partition coefficient (Wildman–Crippen LogP) is 3.88. The van der Waals surface area contributed by atoms with Crippen LogP contribution in [0.1, 0.15) is 45.3 Å². The topological polar surface area (TPSA) is 95.9 Å². The van der Waals surface area contributed by atoms with Gasteiger partial charge in [0.1, 0.15) is 18.8 Å². The van der Waals surface area contributed by atoms with Crippen molar-refractivity contribution >= 4 is 23.2 Å². The molecule has 1 amide bonds. The highest BCUT2D eigenvalue weighted by Crippen LogP contribution is 2.44. The number of benzene rings is 2. The Bertz CT molecular complexity index is 1060. The summed E-state index contributed by atoms with van der Waals surface area (Å²) in [7, 11) is 0. The molecule has 1 aliphatic carbocycles. The second-order valence-corrected chi connectivity index (χ2v) is 8.43. The third kappa shape index (κ3) is 4.39. The quantitative estimate of drug-likeness (QED) is 0.488. The number of nitrogens with one attached hydrogen (secondary N) is 1. The third-order valence-electron chi connectivity index (χ3n) is 5.47. The summed E-state index contributed by atoms with van der Waals surface area (Å²) in [4.78, 5) is 24.1. The van der Waals surface area contributed by atoms with Crippen LogP contribution in [-0.2, 0) is 4.74 Å². The number of Topliss-reactive ketones (excluding diaryl/α,β-unsaturated/α-hetero) is 1. The van der Waals surface area contributed by atoms with E-state index < -0.39 is 18.3 Å². The molecule has 0 aliphatic heterocycles. The Balaban J connectivity index is 1.33. The number of hydrogen-bond donors (Lipinski definition) is 3. The normalized spacial score (nSPS) is 14.4. The third-order valence-corrected chi connectivity index (χ3v) is 6.52. The van der Waals surface area contributed by atoms with E-state index in [2.05, 4.69) is 17.4 Å². The fraction of sp³-hybridized carbons (Fsp3) is 0.250. The molecule has 4 rings (SSSR count). The first-order valence-electron chi connectivity index (χ1n) is 10.00. The van der Waals surface area contributed by atoms with E-state index in [0.29, 0.717) is 10.4 Å². The van der Waals surface area contributed by atoms with Crippen LogP contribution < -0.4 is 5.32 Å². The smallest absolute Gasteiger partial charge is 0.407 e. The Morgan fingerprint density at radius 2 is 1.68 bits per heavy atom. The number of carbonyl (C=O) groups is 2. The van der Waals surface area contributed by atoms with Gasteiger partial charge >= 0.3 is 6.09 Å². The van der Waals surface area contributed by atoms with Crippen LogP contribution in [0.5, 0.6) is 0 Å². The number of fused-ring (bicyclic) bond motifs is 3. The van der Waals surface area contributed by atoms with Gasteiger partial charge in [0.2, 0.25) is 0 Å². The highest BCUT2D eigenvalue weighted by molar-refractivity contribution is 7.12. The second kappa shape index (κ2) is 9.01. The fourth-order valence-electron chi connectivity index (χ4n) is 3.86. The molecule has 0 spiro atoms. The van der Waals surface area contributed by atoms with Crippen LogP contribution in [0, 0.1) is 0 Å². The SMILES string of the molecule is CC(=O)c1cc(C(O)C(O)CNC(=O)OCC2c3ccccc3-c3ccccc32)cs1. The number of aliphatic hydroxyl groups is 2. The maximum absolute atomic E-state index is 12.2. The number of rotatable bonds is 7. The highest BCUT2D eigenvalue weighted by atomic mass is 32.1. The van der Waals surface area contributed by atoms with Gasteiger partial charge in [-0.25, -0.2) is 4.79 Å². The van der Waals surface area contributed by atoms with Crippen LogP contribution in [-0.4, -0.2) is 41.3 Å². The van der Waals surface area contributed by atoms with E-state index in [1.165, 1.54) is 18.3 Å². The summed E-state index contributed by atoms with van der Waals surface area (Å²) in [5.41, 5.74) is 4.96. The zero-order valence-corrected chi connectivity index (χ0v) is 17.8. The first kappa shape index (κ1) is 21.2. The van der Waals surface area contributed by atoms with Crippen molar-refractivity contribution in [3.63, 3.8) is 0 Å². The number of hydrogen-bond acceptors (Lipinski definition) is 6. The molecule has 160 valence electrons. The lowest BCUT2D eigenvalue weighted by Crippen LogP contribution is -2.36. The number of carbonyl (C=O) groups excluding carboxylic acids is 2. The van der Waals surface area contributed by atoms with Crippen molar-refractivity contribution in [2.45, 2.75) is 25.0 Å². The van der Waals surface area contributed by atoms with Crippen molar-refractivity contribution in [3.8, 4) is 11.1 Å². The molecule has 0 radical (unpaired) electrons. The van der Waals surface area contributed by atoms with Crippen molar-refractivity contribution in [3.05, 3.63) is 81.5 Å². The maximum atomic E-state index is 12.2. The van der Waals surface area contributed by atoms with Gasteiger partial charge in [-0.2, -0.15) is 0 Å². The molecule has 0 saturated heterocycles. The minimum absolute atomic E-state index is 0.0514. The number of aliphatic hydroxyl groups excluding tert-OH is 2. The lowest BCUT2D eigenvalue weighted by atomic mass is 9.98. The molecule has 6 nitrogen and oxygen atoms in total. The standard InChI is InChI=1S/C24H23NO5S/c1-14(26)22-10-15(13-31-22)23(28)21(27)11-25-24(29)30-12-20-18-8-4-2-6-16(18)17-7-3-5-9-19(17)20/h2-10,13,20-21,23,27-28H,11-12H2,1H3,(H,25,29). The number of alkyl carbamates (subject to hydrolysis) is 1. The molecule has 0 bridgehead atoms. The van der Waals surface area contributed by atoms with Crippen LogP contribution in [0.2, 0.25) is 0 Å². The molecule has 0 saturated carbocycles. The Morgan fingerprint density at radius 3 is 2.26 bits per heavy atom. The van der Waals surface area contributed by atoms with Crippen molar-refractivity contribution in [2.24, 2.45) is 0 Å². The van der Waals surface area contributed by atoms with E-state index in [1.54, 1.807) is 11.4 Å². The summed E-state index contributed by atoms with van der Waals surface area (Å²) in [5.74, 6) is -0.154. The van der Waals surface area contributed by atoms with Gasteiger partial charge in [0, 0.05) is 12.5 Å². The van der Waals surface area contributed by atoms with Crippen LogP contribution in [0.25, 0.3) is 11.1 Å². The van der Waals surface area contributed by atoms with Crippen molar-refractivity contribution < 1.29 is 24.5 Å². The summed E-state index contributed by atoms with van der Waals surface area (Å²) >= 11 is 1.21. The largest absolute Gasteiger partial charge is 0.449 e. The van der Waals surface area contributed by atoms with Crippen LogP contribution >= 0.6 is 11.3 Å². The summed E-state index contributed by atoms with van der Waals surface area (Å²) in [6, 6.07) is 17.7. The summed E-state index contributed by atoms with van der Waals surface area (Å²) < 4.78 is 5.43. The van der Waals surface area contributed by atoms with Crippen LogP contribution in [0.3, 0.4) is 0 Å². The van der Waals surface area contributed by atoms with E-state index in [9.17, 15) is 19.8 Å². The molecule has 31 heavy (non-hydrogen) atoms. The first-order chi connectivity index (χ1) is 15.0. The summed E-state index contributed by atoms with van der Waals surface area (Å²) in [6.07, 6.45) is -3.10. The monoisotopic (exact) mass is 437 g/mol. The van der Waals surface area contributed by atoms with E-state index >= 15 is 0 Å². The molecule has 7 heteroatoms. The Morgan fingerprint density at radius 1 is 1.06 bits per heavy atom. The van der Waals surface area contributed by atoms with Gasteiger partial charge in [-0.1, -0.05) is 48.5 Å². The molecule has 3 aromatic rings. The average molecular weight is 438 g/mol. The second-order valence-electron chi connectivity index (χ2n) is 7.52. The minimum Gasteiger partial charge on any atom is -0.449 e. The number of thiophene rings is 1. The van der Waals surface area contributed by atoms with Crippen molar-refractivity contribution in [1.82, 2.24) is 5.32 Å². The maximum Gasteiger partial charge on any atom is 0.407 e. The first-order valence-corrected chi connectivity index (χ1v) is 10.9. The van der Waals surface area contributed by atoms with Crippen LogP contribution in [0.15, 0.2) is 60.0 Å². The molecule has 1 aromatic heterocycles. The Kier molecular flexibility index (Phi) is 6.18. The van der Waals surface area contributed by atoms with Gasteiger partial charge in [-0.15, -0.1) is 11.3 Å². The molecule has 1 aliphatic rings. The molecule has 1 heterocycles. The lowest BCUT2D eigenvalue weighted by molar-refractivity contribution is 0.0188. The number of amides is 1. The van der Waals surface area contributed by atoms with Crippen molar-refractivity contribution in [2.75, 3.05) is 13.2 Å². The number of ether oxygens (including phenoxy) is 1. The van der Waals surface area contributed by atoms with Gasteiger partial charge in [0.15, 0.2) is 5.78 Å². The minimum atomic E-state index is -1.23. The molecule has 2 aromatic carbocycles. The van der Waals surface area contributed by atoms with Gasteiger partial charge < -0.3 is 20.3 Å². The molecule has 3 N–H and O–H groups in total. The predicted molar refractivity (Wildman–Crippen MR) is 118 cm³/mol. The van der Waals surface area contributed by atoms with E-state index in [-0.39, 0.29) is 24.9 Å². The Hall–Kier alpha value is -3.00. The van der Waals surface area contributed by atoms with E-state index in [4.69, 9.17) is 4.74 Å². The summed E-state index contributed by atoms with van der Waals surface area (Å²) in [5, 5.41) is 24.6. The summed E-state index contributed by atoms with van der Waals surface area (Å²) in [6.45, 7) is 1.44. The molecule has 2 unspecified atom stereocenters. The fourth-order valence-corrected chi connectivity index (χ4v) is 4.70. The molecule has 0 fully saturated rings. The Labute approximate surface area is 184 Å². The van der Waals surface area contributed by atoms with Gasteiger partial charge in [-0.05, 0) is 46.2 Å². The average Bonchev–Trinajstić information content (AvgIpc) is 3.39. The molecular formula is C24H23NO5S. The molecule has 2 atom stereocenters. The highest BCUT2D eigenvalue weighted by Gasteiger charge is 2.29. The van der Waals surface area contributed by atoms with Crippen molar-refractivity contribution in [1.29, 1.82) is 0 Å². The van der Waals surface area contributed by atoms with Gasteiger partial charge in [-0.3, -0.25) is 4.79 Å². The number of ketones is 1. The molecular weight excluding hydrogens is 414 g/mol.